The van der Waals surface area contributed by atoms with Crippen LogP contribution in [-0.2, 0) is 4.79 Å². The summed E-state index contributed by atoms with van der Waals surface area (Å²) in [6.07, 6.45) is -1.31. The minimum absolute atomic E-state index is 0.0499. The number of rotatable bonds is 4. The normalized spacial score (nSPS) is 13.5. The van der Waals surface area contributed by atoms with Gasteiger partial charge in [0.1, 0.15) is 0 Å². The van der Waals surface area contributed by atoms with E-state index in [1.165, 1.54) is 6.92 Å². The van der Waals surface area contributed by atoms with Crippen molar-refractivity contribution in [3.63, 3.8) is 0 Å². The van der Waals surface area contributed by atoms with Crippen LogP contribution in [0.1, 0.15) is 6.92 Å². The third kappa shape index (κ3) is 4.18. The lowest BCUT2D eigenvalue weighted by molar-refractivity contribution is -0.141. The first-order chi connectivity index (χ1) is 8.81. The minimum atomic E-state index is -1.51. The highest BCUT2D eigenvalue weighted by molar-refractivity contribution is 5.92. The summed E-state index contributed by atoms with van der Waals surface area (Å²) in [4.78, 5) is 22.1. The van der Waals surface area contributed by atoms with Crippen LogP contribution in [0.5, 0.6) is 0 Å². The molecule has 6 nitrogen and oxygen atoms in total. The number of carbonyl (C=O) groups is 2. The number of carboxylic acid groups (broad SMARTS) is 1. The van der Waals surface area contributed by atoms with Crippen LogP contribution < -0.4 is 10.6 Å². The fraction of sp³-hybridized carbons (Fsp3) is 0.273. The van der Waals surface area contributed by atoms with Crippen molar-refractivity contribution in [2.24, 2.45) is 0 Å². The van der Waals surface area contributed by atoms with Gasteiger partial charge in [-0.3, -0.25) is 0 Å². The number of anilines is 1. The van der Waals surface area contributed by atoms with E-state index in [4.69, 9.17) is 10.2 Å². The second-order valence-electron chi connectivity index (χ2n) is 3.78. The molecule has 0 radical (unpaired) electrons. The molecular formula is C11H12F2N2O4. The molecule has 0 saturated carbocycles. The molecule has 1 aromatic rings. The number of nitrogens with one attached hydrogen (secondary N) is 2. The molecule has 0 heterocycles. The minimum Gasteiger partial charge on any atom is -0.480 e. The zero-order valence-electron chi connectivity index (χ0n) is 9.85. The maximum atomic E-state index is 12.9. The monoisotopic (exact) mass is 274 g/mol. The Morgan fingerprint density at radius 3 is 2.37 bits per heavy atom. The zero-order valence-corrected chi connectivity index (χ0v) is 9.85. The van der Waals surface area contributed by atoms with E-state index in [2.05, 4.69) is 5.32 Å². The van der Waals surface area contributed by atoms with E-state index in [-0.39, 0.29) is 5.69 Å². The molecule has 8 heteroatoms. The number of benzene rings is 1. The molecule has 1 rings (SSSR count). The van der Waals surface area contributed by atoms with Crippen LogP contribution in [0, 0.1) is 11.6 Å². The van der Waals surface area contributed by atoms with Crippen LogP contribution in [0.15, 0.2) is 18.2 Å². The smallest absolute Gasteiger partial charge is 0.328 e. The summed E-state index contributed by atoms with van der Waals surface area (Å²) in [5, 5.41) is 22.0. The highest BCUT2D eigenvalue weighted by atomic mass is 19.2. The van der Waals surface area contributed by atoms with Gasteiger partial charge in [-0.2, -0.15) is 0 Å². The Bertz CT molecular complexity index is 494. The SMILES string of the molecule is CC(O)C(NC(=O)Nc1ccc(F)c(F)c1)C(=O)O. The highest BCUT2D eigenvalue weighted by Gasteiger charge is 2.24. The maximum absolute atomic E-state index is 12.9. The summed E-state index contributed by atoms with van der Waals surface area (Å²) >= 11 is 0. The van der Waals surface area contributed by atoms with Gasteiger partial charge in [-0.25, -0.2) is 18.4 Å². The molecule has 19 heavy (non-hydrogen) atoms. The highest BCUT2D eigenvalue weighted by Crippen LogP contribution is 2.12. The van der Waals surface area contributed by atoms with Crippen LogP contribution in [-0.4, -0.2) is 34.4 Å². The van der Waals surface area contributed by atoms with Crippen LogP contribution in [0.25, 0.3) is 0 Å². The van der Waals surface area contributed by atoms with Crippen molar-refractivity contribution in [3.05, 3.63) is 29.8 Å². The average Bonchev–Trinajstić information content (AvgIpc) is 2.30. The first-order valence-corrected chi connectivity index (χ1v) is 5.24. The van der Waals surface area contributed by atoms with Crippen molar-refractivity contribution < 1.29 is 28.6 Å². The van der Waals surface area contributed by atoms with Gasteiger partial charge in [-0.1, -0.05) is 0 Å². The van der Waals surface area contributed by atoms with Crippen LogP contribution >= 0.6 is 0 Å². The van der Waals surface area contributed by atoms with Crippen molar-refractivity contribution in [2.75, 3.05) is 5.32 Å². The first kappa shape index (κ1) is 14.8. The van der Waals surface area contributed by atoms with Gasteiger partial charge < -0.3 is 20.8 Å². The van der Waals surface area contributed by atoms with E-state index in [0.29, 0.717) is 0 Å². The summed E-state index contributed by atoms with van der Waals surface area (Å²) in [7, 11) is 0. The van der Waals surface area contributed by atoms with E-state index < -0.39 is 35.8 Å². The molecule has 0 aliphatic heterocycles. The number of amides is 2. The lowest BCUT2D eigenvalue weighted by Gasteiger charge is -2.17. The molecule has 1 aromatic carbocycles. The zero-order chi connectivity index (χ0) is 14.6. The lowest BCUT2D eigenvalue weighted by atomic mass is 10.2. The van der Waals surface area contributed by atoms with E-state index >= 15 is 0 Å². The number of hydrogen-bond acceptors (Lipinski definition) is 3. The van der Waals surface area contributed by atoms with E-state index in [0.717, 1.165) is 18.2 Å². The Hall–Kier alpha value is -2.22. The number of halogens is 2. The molecule has 2 unspecified atom stereocenters. The largest absolute Gasteiger partial charge is 0.480 e. The average molecular weight is 274 g/mol. The Morgan fingerprint density at radius 1 is 1.26 bits per heavy atom. The van der Waals surface area contributed by atoms with Crippen LogP contribution in [0.2, 0.25) is 0 Å². The summed E-state index contributed by atoms with van der Waals surface area (Å²) in [6.45, 7) is 1.19. The molecule has 0 saturated heterocycles. The topological polar surface area (TPSA) is 98.7 Å². The third-order valence-corrected chi connectivity index (χ3v) is 2.21. The maximum Gasteiger partial charge on any atom is 0.328 e. The summed E-state index contributed by atoms with van der Waals surface area (Å²) in [5.41, 5.74) is -0.0499. The van der Waals surface area contributed by atoms with Crippen molar-refractivity contribution in [1.82, 2.24) is 5.32 Å². The molecule has 0 fully saturated rings. The summed E-state index contributed by atoms with van der Waals surface area (Å²) in [5.74, 6) is -3.64. The van der Waals surface area contributed by atoms with Crippen LogP contribution in [0.3, 0.4) is 0 Å². The Morgan fingerprint density at radius 2 is 1.89 bits per heavy atom. The van der Waals surface area contributed by atoms with Gasteiger partial charge in [0, 0.05) is 11.8 Å². The number of carbonyl (C=O) groups excluding carboxylic acids is 1. The predicted molar refractivity (Wildman–Crippen MR) is 61.6 cm³/mol. The fourth-order valence-electron chi connectivity index (χ4n) is 1.27. The number of hydrogen-bond donors (Lipinski definition) is 4. The van der Waals surface area contributed by atoms with E-state index in [9.17, 15) is 18.4 Å². The molecule has 0 bridgehead atoms. The van der Waals surface area contributed by atoms with Crippen molar-refractivity contribution in [3.8, 4) is 0 Å². The number of urea groups is 1. The van der Waals surface area contributed by atoms with Gasteiger partial charge in [-0.15, -0.1) is 0 Å². The first-order valence-electron chi connectivity index (χ1n) is 5.24. The number of aliphatic hydroxyl groups excluding tert-OH is 1. The Labute approximate surface area is 107 Å². The summed E-state index contributed by atoms with van der Waals surface area (Å²) < 4.78 is 25.5. The molecule has 0 aromatic heterocycles. The molecule has 2 atom stereocenters. The van der Waals surface area contributed by atoms with Gasteiger partial charge >= 0.3 is 12.0 Å². The molecule has 4 N–H and O–H groups in total. The number of carboxylic acids is 1. The Kier molecular flexibility index (Phi) is 4.76. The molecular weight excluding hydrogens is 262 g/mol. The third-order valence-electron chi connectivity index (χ3n) is 2.21. The molecule has 0 aliphatic carbocycles. The number of aliphatic hydroxyl groups is 1. The van der Waals surface area contributed by atoms with Crippen LogP contribution in [0.4, 0.5) is 19.3 Å². The predicted octanol–water partition coefficient (Wildman–Crippen LogP) is 0.920. The standard InChI is InChI=1S/C11H12F2N2O4/c1-5(16)9(10(17)18)15-11(19)14-6-2-3-7(12)8(13)4-6/h2-5,9,16H,1H3,(H,17,18)(H2,14,15,19). The summed E-state index contributed by atoms with van der Waals surface area (Å²) in [6, 6.07) is 0.196. The fourth-order valence-corrected chi connectivity index (χ4v) is 1.27. The van der Waals surface area contributed by atoms with E-state index in [1.807, 2.05) is 5.32 Å². The lowest BCUT2D eigenvalue weighted by Crippen LogP contribution is -2.49. The van der Waals surface area contributed by atoms with Gasteiger partial charge in [0.15, 0.2) is 17.7 Å². The van der Waals surface area contributed by atoms with Gasteiger partial charge in [0.25, 0.3) is 0 Å². The quantitative estimate of drug-likeness (QED) is 0.656. The molecule has 2 amide bonds. The Balaban J connectivity index is 2.69. The molecule has 104 valence electrons. The van der Waals surface area contributed by atoms with Crippen molar-refractivity contribution >= 4 is 17.7 Å². The van der Waals surface area contributed by atoms with Gasteiger partial charge in [-0.05, 0) is 19.1 Å². The molecule has 0 spiro atoms. The van der Waals surface area contributed by atoms with Crippen molar-refractivity contribution in [1.29, 1.82) is 0 Å². The number of aliphatic carboxylic acids is 1. The van der Waals surface area contributed by atoms with E-state index in [1.54, 1.807) is 0 Å². The van der Waals surface area contributed by atoms with Gasteiger partial charge in [0.05, 0.1) is 6.10 Å². The second-order valence-corrected chi connectivity index (χ2v) is 3.78. The molecule has 0 aliphatic rings. The van der Waals surface area contributed by atoms with Gasteiger partial charge in [0.2, 0.25) is 0 Å². The second kappa shape index (κ2) is 6.10. The van der Waals surface area contributed by atoms with Crippen molar-refractivity contribution in [2.45, 2.75) is 19.1 Å².